The smallest absolute Gasteiger partial charge is 0.378 e. The monoisotopic (exact) mass is 329 g/mol. The van der Waals surface area contributed by atoms with Gasteiger partial charge in [-0.2, -0.15) is 9.50 Å². The molecule has 0 aromatic carbocycles. The molecule has 1 N–H and O–H groups in total. The summed E-state index contributed by atoms with van der Waals surface area (Å²) >= 11 is 0. The molecule has 1 atom stereocenters. The number of anilines is 1. The van der Waals surface area contributed by atoms with E-state index >= 15 is 0 Å². The summed E-state index contributed by atoms with van der Waals surface area (Å²) in [5, 5.41) is 7.89. The summed E-state index contributed by atoms with van der Waals surface area (Å²) in [4.78, 5) is 20.2. The molecule has 0 amide bonds. The molecule has 2 aliphatic rings. The number of esters is 1. The molecular weight excluding hydrogens is 306 g/mol. The summed E-state index contributed by atoms with van der Waals surface area (Å²) in [5.74, 6) is 0.772. The average molecular weight is 329 g/mol. The molecule has 0 saturated heterocycles. The zero-order chi connectivity index (χ0) is 16.7. The van der Waals surface area contributed by atoms with Gasteiger partial charge in [0, 0.05) is 17.8 Å². The molecule has 2 aromatic heterocycles. The Kier molecular flexibility index (Phi) is 3.66. The third kappa shape index (κ3) is 2.61. The van der Waals surface area contributed by atoms with Crippen LogP contribution >= 0.6 is 0 Å². The summed E-state index contributed by atoms with van der Waals surface area (Å²) in [6.07, 6.45) is 9.22. The van der Waals surface area contributed by atoms with Gasteiger partial charge in [0.2, 0.25) is 0 Å². The molecule has 7 nitrogen and oxygen atoms in total. The summed E-state index contributed by atoms with van der Waals surface area (Å²) < 4.78 is 6.32. The van der Waals surface area contributed by atoms with E-state index in [2.05, 4.69) is 20.4 Å². The van der Waals surface area contributed by atoms with Gasteiger partial charge < -0.3 is 10.1 Å². The topological polar surface area (TPSA) is 81.4 Å². The number of hydrogen-bond donors (Lipinski definition) is 1. The van der Waals surface area contributed by atoms with Gasteiger partial charge in [-0.05, 0) is 31.6 Å². The van der Waals surface area contributed by atoms with Crippen molar-refractivity contribution in [2.45, 2.75) is 57.9 Å². The van der Waals surface area contributed by atoms with Crippen LogP contribution < -0.4 is 5.32 Å². The molecule has 0 bridgehead atoms. The van der Waals surface area contributed by atoms with Gasteiger partial charge in [0.15, 0.2) is 0 Å². The summed E-state index contributed by atoms with van der Waals surface area (Å²) in [7, 11) is 1.33. The molecule has 2 heterocycles. The zero-order valence-electron chi connectivity index (χ0n) is 14.2. The SMILES string of the molecule is COC(=O)c1nc2nc(C)cc(NC3CC34CCCCCC4)n2n1. The number of ether oxygens (including phenoxy) is 1. The van der Waals surface area contributed by atoms with Crippen molar-refractivity contribution >= 4 is 17.6 Å². The van der Waals surface area contributed by atoms with Gasteiger partial charge in [-0.1, -0.05) is 25.7 Å². The van der Waals surface area contributed by atoms with Crippen molar-refractivity contribution in [3.8, 4) is 0 Å². The van der Waals surface area contributed by atoms with Gasteiger partial charge in [0.25, 0.3) is 11.6 Å². The zero-order valence-corrected chi connectivity index (χ0v) is 14.2. The molecule has 2 aliphatic carbocycles. The second-order valence-corrected chi connectivity index (χ2v) is 7.10. The normalized spacial score (nSPS) is 22.3. The first-order valence-corrected chi connectivity index (χ1v) is 8.71. The fourth-order valence-electron chi connectivity index (χ4n) is 3.98. The van der Waals surface area contributed by atoms with E-state index in [-0.39, 0.29) is 5.82 Å². The molecule has 0 aliphatic heterocycles. The first-order chi connectivity index (χ1) is 11.6. The third-order valence-electron chi connectivity index (χ3n) is 5.42. The van der Waals surface area contributed by atoms with E-state index < -0.39 is 5.97 Å². The van der Waals surface area contributed by atoms with Crippen LogP contribution in [0, 0.1) is 12.3 Å². The number of hydrogen-bond acceptors (Lipinski definition) is 6. The predicted molar refractivity (Wildman–Crippen MR) is 89.0 cm³/mol. The number of nitrogens with zero attached hydrogens (tertiary/aromatic N) is 4. The van der Waals surface area contributed by atoms with Crippen LogP contribution in [0.15, 0.2) is 6.07 Å². The number of nitrogens with one attached hydrogen (secondary N) is 1. The molecule has 24 heavy (non-hydrogen) atoms. The Labute approximate surface area is 140 Å². The highest BCUT2D eigenvalue weighted by Crippen LogP contribution is 2.56. The van der Waals surface area contributed by atoms with E-state index in [4.69, 9.17) is 4.74 Å². The Morgan fingerprint density at radius 2 is 2.04 bits per heavy atom. The van der Waals surface area contributed by atoms with Crippen LogP contribution in [0.4, 0.5) is 5.82 Å². The fraction of sp³-hybridized carbons (Fsp3) is 0.647. The van der Waals surface area contributed by atoms with Crippen LogP contribution in [-0.4, -0.2) is 38.7 Å². The van der Waals surface area contributed by atoms with Gasteiger partial charge in [0.1, 0.15) is 5.82 Å². The predicted octanol–water partition coefficient (Wildman–Crippen LogP) is 2.74. The number of rotatable bonds is 3. The van der Waals surface area contributed by atoms with Gasteiger partial charge in [-0.15, -0.1) is 5.10 Å². The van der Waals surface area contributed by atoms with E-state index in [0.717, 1.165) is 11.5 Å². The minimum atomic E-state index is -0.546. The van der Waals surface area contributed by atoms with E-state index in [1.54, 1.807) is 4.52 Å². The van der Waals surface area contributed by atoms with Crippen LogP contribution in [0.2, 0.25) is 0 Å². The average Bonchev–Trinajstić information content (AvgIpc) is 3.15. The van der Waals surface area contributed by atoms with Crippen molar-refractivity contribution in [3.05, 3.63) is 17.6 Å². The van der Waals surface area contributed by atoms with Crippen LogP contribution in [0.3, 0.4) is 0 Å². The Hall–Kier alpha value is -2.18. The number of methoxy groups -OCH3 is 1. The number of carbonyl (C=O) groups excluding carboxylic acids is 1. The minimum Gasteiger partial charge on any atom is -0.463 e. The Morgan fingerprint density at radius 1 is 1.29 bits per heavy atom. The van der Waals surface area contributed by atoms with Crippen molar-refractivity contribution in [2.24, 2.45) is 5.41 Å². The quantitative estimate of drug-likeness (QED) is 0.872. The highest BCUT2D eigenvalue weighted by Gasteiger charge is 2.53. The summed E-state index contributed by atoms with van der Waals surface area (Å²) in [6.45, 7) is 1.92. The lowest BCUT2D eigenvalue weighted by Gasteiger charge is -2.16. The Balaban J connectivity index is 1.62. The largest absolute Gasteiger partial charge is 0.463 e. The standard InChI is InChI=1S/C17H23N5O2/c1-11-9-13(19-12-10-17(12)7-5-3-4-6-8-17)22-16(18-11)20-14(21-22)15(23)24-2/h9,12,19H,3-8,10H2,1-2H3. The maximum Gasteiger partial charge on any atom is 0.378 e. The van der Waals surface area contributed by atoms with Gasteiger partial charge in [0.05, 0.1) is 7.11 Å². The Morgan fingerprint density at radius 3 is 2.75 bits per heavy atom. The Bertz CT molecular complexity index is 777. The summed E-state index contributed by atoms with van der Waals surface area (Å²) in [6, 6.07) is 2.44. The maximum atomic E-state index is 11.7. The number of aryl methyl sites for hydroxylation is 1. The lowest BCUT2D eigenvalue weighted by molar-refractivity contribution is 0.0587. The van der Waals surface area contributed by atoms with Crippen molar-refractivity contribution < 1.29 is 9.53 Å². The number of carbonyl (C=O) groups is 1. The molecule has 7 heteroatoms. The van der Waals surface area contributed by atoms with Crippen molar-refractivity contribution in [3.63, 3.8) is 0 Å². The number of fused-ring (bicyclic) bond motifs is 1. The first-order valence-electron chi connectivity index (χ1n) is 8.71. The highest BCUT2D eigenvalue weighted by molar-refractivity contribution is 5.85. The molecule has 128 valence electrons. The van der Waals surface area contributed by atoms with Gasteiger partial charge in [-0.25, -0.2) is 9.78 Å². The van der Waals surface area contributed by atoms with Crippen LogP contribution in [0.5, 0.6) is 0 Å². The van der Waals surface area contributed by atoms with Crippen molar-refractivity contribution in [1.82, 2.24) is 19.6 Å². The van der Waals surface area contributed by atoms with Crippen molar-refractivity contribution in [2.75, 3.05) is 12.4 Å². The van der Waals surface area contributed by atoms with Crippen molar-refractivity contribution in [1.29, 1.82) is 0 Å². The van der Waals surface area contributed by atoms with Crippen LogP contribution in [-0.2, 0) is 4.74 Å². The second kappa shape index (κ2) is 5.72. The van der Waals surface area contributed by atoms with E-state index in [0.29, 0.717) is 17.2 Å². The van der Waals surface area contributed by atoms with E-state index in [9.17, 15) is 4.79 Å². The second-order valence-electron chi connectivity index (χ2n) is 7.10. The number of aromatic nitrogens is 4. The molecular formula is C17H23N5O2. The molecule has 1 unspecified atom stereocenters. The lowest BCUT2D eigenvalue weighted by atomic mass is 9.96. The molecule has 2 aromatic rings. The minimum absolute atomic E-state index is 0.0404. The fourth-order valence-corrected chi connectivity index (χ4v) is 3.98. The lowest BCUT2D eigenvalue weighted by Crippen LogP contribution is -2.16. The third-order valence-corrected chi connectivity index (χ3v) is 5.42. The molecule has 1 spiro atoms. The molecule has 0 radical (unpaired) electrons. The van der Waals surface area contributed by atoms with Crippen LogP contribution in [0.1, 0.15) is 61.3 Å². The van der Waals surface area contributed by atoms with E-state index in [1.807, 2.05) is 13.0 Å². The molecule has 2 fully saturated rings. The summed E-state index contributed by atoms with van der Waals surface area (Å²) in [5.41, 5.74) is 1.30. The molecule has 4 rings (SSSR count). The van der Waals surface area contributed by atoms with Gasteiger partial charge in [-0.3, -0.25) is 0 Å². The van der Waals surface area contributed by atoms with Gasteiger partial charge >= 0.3 is 5.97 Å². The van der Waals surface area contributed by atoms with Crippen LogP contribution in [0.25, 0.3) is 5.78 Å². The maximum absolute atomic E-state index is 11.7. The molecule has 2 saturated carbocycles. The highest BCUT2D eigenvalue weighted by atomic mass is 16.5. The van der Waals surface area contributed by atoms with E-state index in [1.165, 1.54) is 52.1 Å². The first kappa shape index (κ1) is 15.4.